The van der Waals surface area contributed by atoms with E-state index in [4.69, 9.17) is 18.2 Å². The molecular weight excluding hydrogens is 768 g/mol. The number of carbonyl (C=O) groups excluding carboxylic acids is 5. The Labute approximate surface area is 349 Å². The van der Waals surface area contributed by atoms with Gasteiger partial charge in [0.25, 0.3) is 17.7 Å². The van der Waals surface area contributed by atoms with E-state index in [1.807, 2.05) is 36.1 Å². The quantitative estimate of drug-likeness (QED) is 0.253. The van der Waals surface area contributed by atoms with E-state index >= 15 is 0 Å². The zero-order chi connectivity index (χ0) is 41.0. The lowest BCUT2D eigenvalue weighted by Gasteiger charge is -2.43. The van der Waals surface area contributed by atoms with Crippen LogP contribution in [0.15, 0.2) is 54.6 Å². The molecule has 5 amide bonds. The van der Waals surface area contributed by atoms with Crippen molar-refractivity contribution in [3.05, 3.63) is 93.3 Å². The first-order chi connectivity index (χ1) is 28.5. The smallest absolute Gasteiger partial charge is 0.262 e. The molecule has 14 heteroatoms. The average molecular weight is 817 g/mol. The number of piperazine rings is 1. The second-order valence-corrected chi connectivity index (χ2v) is 17.5. The summed E-state index contributed by atoms with van der Waals surface area (Å²) >= 11 is 6.51. The lowest BCUT2D eigenvalue weighted by molar-refractivity contribution is -0.136. The first-order valence-electron chi connectivity index (χ1n) is 20.9. The van der Waals surface area contributed by atoms with Gasteiger partial charge in [0, 0.05) is 101 Å². The topological polar surface area (TPSA) is 121 Å². The number of carbonyl (C=O) groups is 5. The number of halogens is 1. The minimum atomic E-state index is -0.978. The Morgan fingerprint density at radius 1 is 0.763 bits per heavy atom. The molecular formula is C45H49ClN8O5. The van der Waals surface area contributed by atoms with Crippen LogP contribution >= 0.6 is 11.6 Å². The van der Waals surface area contributed by atoms with Crippen LogP contribution in [0.4, 0.5) is 22.7 Å². The van der Waals surface area contributed by atoms with Crippen molar-refractivity contribution in [2.45, 2.75) is 64.0 Å². The Kier molecular flexibility index (Phi) is 10.3. The summed E-state index contributed by atoms with van der Waals surface area (Å²) in [6, 6.07) is 16.8. The van der Waals surface area contributed by atoms with Gasteiger partial charge in [-0.05, 0) is 105 Å². The van der Waals surface area contributed by atoms with Crippen molar-refractivity contribution in [2.75, 3.05) is 80.1 Å². The Hall–Kier alpha value is -5.45. The molecule has 0 aromatic heterocycles. The van der Waals surface area contributed by atoms with Gasteiger partial charge in [0.1, 0.15) is 6.04 Å². The summed E-state index contributed by atoms with van der Waals surface area (Å²) < 4.78 is 0. The van der Waals surface area contributed by atoms with Gasteiger partial charge in [-0.3, -0.25) is 39.1 Å². The number of piperidine rings is 3. The molecule has 3 aromatic rings. The van der Waals surface area contributed by atoms with Crippen LogP contribution in [0.3, 0.4) is 0 Å². The highest BCUT2D eigenvalue weighted by atomic mass is 35.5. The minimum absolute atomic E-state index is 0.0790. The van der Waals surface area contributed by atoms with E-state index in [9.17, 15) is 24.0 Å². The lowest BCUT2D eigenvalue weighted by Crippen LogP contribution is -2.54. The van der Waals surface area contributed by atoms with Crippen molar-refractivity contribution in [2.24, 2.45) is 5.41 Å². The molecule has 0 saturated carbocycles. The molecule has 6 heterocycles. The number of benzene rings is 3. The van der Waals surface area contributed by atoms with E-state index in [0.717, 1.165) is 118 Å². The van der Waals surface area contributed by atoms with Crippen molar-refractivity contribution < 1.29 is 24.0 Å². The van der Waals surface area contributed by atoms with Crippen LogP contribution in [-0.2, 0) is 9.59 Å². The van der Waals surface area contributed by atoms with E-state index in [1.54, 1.807) is 12.1 Å². The Morgan fingerprint density at radius 2 is 1.41 bits per heavy atom. The molecule has 6 aliphatic rings. The van der Waals surface area contributed by atoms with Crippen LogP contribution in [0, 0.1) is 18.9 Å². The van der Waals surface area contributed by atoms with E-state index in [0.29, 0.717) is 41.0 Å². The maximum atomic E-state index is 13.6. The summed E-state index contributed by atoms with van der Waals surface area (Å²) in [5.41, 5.74) is 6.27. The summed E-state index contributed by atoms with van der Waals surface area (Å²) in [6.45, 7) is 18.0. The van der Waals surface area contributed by atoms with Gasteiger partial charge < -0.3 is 19.6 Å². The number of amides is 5. The molecule has 0 bridgehead atoms. The Balaban J connectivity index is 0.733. The number of rotatable bonds is 6. The van der Waals surface area contributed by atoms with Crippen molar-refractivity contribution >= 4 is 63.9 Å². The fourth-order valence-electron chi connectivity index (χ4n) is 10.3. The van der Waals surface area contributed by atoms with E-state index in [1.165, 1.54) is 0 Å². The number of imide groups is 2. The van der Waals surface area contributed by atoms with E-state index in [-0.39, 0.29) is 24.2 Å². The van der Waals surface area contributed by atoms with Gasteiger partial charge in [0.05, 0.1) is 22.7 Å². The average Bonchev–Trinajstić information content (AvgIpc) is 3.78. The fraction of sp³-hybridized carbons (Fsp3) is 0.467. The van der Waals surface area contributed by atoms with Gasteiger partial charge in [-0.15, -0.1) is 0 Å². The maximum absolute atomic E-state index is 13.6. The second kappa shape index (κ2) is 15.6. The monoisotopic (exact) mass is 816 g/mol. The maximum Gasteiger partial charge on any atom is 0.262 e. The largest absolute Gasteiger partial charge is 0.371 e. The van der Waals surface area contributed by atoms with Crippen LogP contribution in [0.25, 0.3) is 4.85 Å². The van der Waals surface area contributed by atoms with Crippen LogP contribution in [0.1, 0.15) is 81.6 Å². The molecule has 9 rings (SSSR count). The number of nitrogens with zero attached hydrogens (tertiary/aromatic N) is 7. The number of fused-ring (bicyclic) bond motifs is 1. The van der Waals surface area contributed by atoms with Crippen LogP contribution in [-0.4, -0.2) is 122 Å². The Bertz CT molecular complexity index is 2250. The molecule has 6 aliphatic heterocycles. The molecule has 1 atom stereocenters. The molecule has 0 aliphatic carbocycles. The third-order valence-electron chi connectivity index (χ3n) is 13.9. The van der Waals surface area contributed by atoms with Gasteiger partial charge in [0.15, 0.2) is 0 Å². The fourth-order valence-corrected chi connectivity index (χ4v) is 10.5. The molecule has 59 heavy (non-hydrogen) atoms. The molecule has 3 aromatic carbocycles. The van der Waals surface area contributed by atoms with Crippen LogP contribution in [0.5, 0.6) is 0 Å². The standard InChI is InChI=1S/C45H49ClN8O5/c1-29-37(10-9-36(47-2)40(29)46)53-22-17-45(28-53)15-20-50(21-16-45)31-5-3-30(4-6-31)42(57)52-25-23-51(24-26-52)32-13-18-49(19-14-32)33-7-8-34-35(27-33)44(59)54(43(34)58)38-11-12-39(55)48-41(38)56/h3-10,27,32,38H,11-26,28H2,1H3,(H,48,55,56). The van der Waals surface area contributed by atoms with Gasteiger partial charge in [-0.2, -0.15) is 0 Å². The number of hydrogen-bond acceptors (Lipinski definition) is 9. The predicted octanol–water partition coefficient (Wildman–Crippen LogP) is 5.52. The van der Waals surface area contributed by atoms with Crippen LogP contribution in [0.2, 0.25) is 5.02 Å². The van der Waals surface area contributed by atoms with Gasteiger partial charge >= 0.3 is 0 Å². The Morgan fingerprint density at radius 3 is 2.08 bits per heavy atom. The van der Waals surface area contributed by atoms with E-state index < -0.39 is 29.7 Å². The minimum Gasteiger partial charge on any atom is -0.371 e. The van der Waals surface area contributed by atoms with Crippen molar-refractivity contribution in [1.82, 2.24) is 20.0 Å². The van der Waals surface area contributed by atoms with Crippen LogP contribution < -0.4 is 20.0 Å². The first kappa shape index (κ1) is 39.0. The molecule has 13 nitrogen and oxygen atoms in total. The molecule has 1 unspecified atom stereocenters. The SMILES string of the molecule is [C-]#[N+]c1ccc(N2CCC3(CCN(c4ccc(C(=O)N5CCN(C6CCN(c7ccc8c(c7)C(=O)N(C7CCC(=O)NC7=O)C8=O)CC6)CC5)cc4)CC3)C2)c(C)c1Cl. The molecule has 1 N–H and O–H groups in total. The molecule has 5 fully saturated rings. The summed E-state index contributed by atoms with van der Waals surface area (Å²) in [6.07, 6.45) is 5.50. The first-order valence-corrected chi connectivity index (χ1v) is 21.3. The van der Waals surface area contributed by atoms with Gasteiger partial charge in [-0.1, -0.05) is 17.7 Å². The molecule has 306 valence electrons. The number of anilines is 3. The highest BCUT2D eigenvalue weighted by Gasteiger charge is 2.45. The summed E-state index contributed by atoms with van der Waals surface area (Å²) in [4.78, 5) is 80.4. The van der Waals surface area contributed by atoms with Gasteiger partial charge in [0.2, 0.25) is 17.5 Å². The lowest BCUT2D eigenvalue weighted by atomic mass is 9.77. The summed E-state index contributed by atoms with van der Waals surface area (Å²) in [5.74, 6) is -1.91. The number of hydrogen-bond donors (Lipinski definition) is 1. The predicted molar refractivity (Wildman–Crippen MR) is 225 cm³/mol. The second-order valence-electron chi connectivity index (χ2n) is 17.1. The summed E-state index contributed by atoms with van der Waals surface area (Å²) in [7, 11) is 0. The highest BCUT2D eigenvalue weighted by Crippen LogP contribution is 2.45. The van der Waals surface area contributed by atoms with E-state index in [2.05, 4.69) is 48.0 Å². The normalized spacial score (nSPS) is 22.6. The zero-order valence-electron chi connectivity index (χ0n) is 33.4. The van der Waals surface area contributed by atoms with Gasteiger partial charge in [-0.25, -0.2) is 4.85 Å². The number of nitrogens with one attached hydrogen (secondary N) is 1. The van der Waals surface area contributed by atoms with Crippen molar-refractivity contribution in [3.8, 4) is 0 Å². The van der Waals surface area contributed by atoms with Crippen molar-refractivity contribution in [1.29, 1.82) is 0 Å². The zero-order valence-corrected chi connectivity index (χ0v) is 34.2. The third-order valence-corrected chi connectivity index (χ3v) is 14.4. The molecule has 5 saturated heterocycles. The molecule has 0 radical (unpaired) electrons. The third kappa shape index (κ3) is 7.20. The summed E-state index contributed by atoms with van der Waals surface area (Å²) in [5, 5.41) is 2.81. The molecule has 1 spiro atoms. The highest BCUT2D eigenvalue weighted by molar-refractivity contribution is 6.34. The van der Waals surface area contributed by atoms with Crippen molar-refractivity contribution in [3.63, 3.8) is 0 Å².